The van der Waals surface area contributed by atoms with E-state index in [2.05, 4.69) is 24.0 Å². The molecule has 1 aromatic rings. The van der Waals surface area contributed by atoms with Crippen LogP contribution < -0.4 is 10.5 Å². The number of hydrogen-bond acceptors (Lipinski definition) is 4. The smallest absolute Gasteiger partial charge is 0.119 e. The van der Waals surface area contributed by atoms with Crippen molar-refractivity contribution in [3.05, 3.63) is 29.8 Å². The van der Waals surface area contributed by atoms with Gasteiger partial charge in [0.1, 0.15) is 5.75 Å². The average molecular weight is 278 g/mol. The van der Waals surface area contributed by atoms with Crippen LogP contribution in [0.3, 0.4) is 0 Å². The fourth-order valence-corrected chi connectivity index (χ4v) is 2.38. The van der Waals surface area contributed by atoms with Gasteiger partial charge in [0, 0.05) is 19.6 Å². The second-order valence-electron chi connectivity index (χ2n) is 5.35. The van der Waals surface area contributed by atoms with Crippen LogP contribution in [-0.2, 0) is 11.2 Å². The fourth-order valence-electron chi connectivity index (χ4n) is 2.38. The molecule has 2 N–H and O–H groups in total. The molecule has 0 aliphatic carbocycles. The number of nitrogens with two attached hydrogens (primary N) is 1. The Morgan fingerprint density at radius 1 is 1.25 bits per heavy atom. The van der Waals surface area contributed by atoms with E-state index in [1.165, 1.54) is 5.56 Å². The minimum Gasteiger partial charge on any atom is -0.491 e. The third kappa shape index (κ3) is 5.12. The van der Waals surface area contributed by atoms with E-state index < -0.39 is 0 Å². The first-order valence-corrected chi connectivity index (χ1v) is 7.53. The van der Waals surface area contributed by atoms with Gasteiger partial charge in [-0.2, -0.15) is 0 Å². The van der Waals surface area contributed by atoms with E-state index in [4.69, 9.17) is 15.2 Å². The van der Waals surface area contributed by atoms with Crippen molar-refractivity contribution in [2.45, 2.75) is 25.9 Å². The summed E-state index contributed by atoms with van der Waals surface area (Å²) in [6.07, 6.45) is 2.20. The summed E-state index contributed by atoms with van der Waals surface area (Å²) in [7, 11) is 0. The summed E-state index contributed by atoms with van der Waals surface area (Å²) in [6, 6.07) is 8.26. The van der Waals surface area contributed by atoms with E-state index in [1.54, 1.807) is 0 Å². The number of hydrogen-bond donors (Lipinski definition) is 1. The number of rotatable bonds is 7. The van der Waals surface area contributed by atoms with Gasteiger partial charge in [0.05, 0.1) is 19.3 Å². The number of benzene rings is 1. The summed E-state index contributed by atoms with van der Waals surface area (Å²) in [5, 5.41) is 0. The van der Waals surface area contributed by atoms with Crippen LogP contribution in [0.1, 0.15) is 18.9 Å². The highest BCUT2D eigenvalue weighted by atomic mass is 16.5. The van der Waals surface area contributed by atoms with Crippen LogP contribution in [-0.4, -0.2) is 50.4 Å². The zero-order valence-corrected chi connectivity index (χ0v) is 12.4. The number of morpholine rings is 1. The molecule has 0 amide bonds. The molecular formula is C16H26N2O2. The maximum absolute atomic E-state index is 5.95. The summed E-state index contributed by atoms with van der Waals surface area (Å²) < 4.78 is 11.3. The van der Waals surface area contributed by atoms with Gasteiger partial charge >= 0.3 is 0 Å². The number of nitrogens with zero attached hydrogens (tertiary/aromatic N) is 1. The maximum atomic E-state index is 5.95. The minimum absolute atomic E-state index is 0.234. The first kappa shape index (κ1) is 15.3. The summed E-state index contributed by atoms with van der Waals surface area (Å²) >= 11 is 0. The molecule has 1 aliphatic heterocycles. The zero-order valence-electron chi connectivity index (χ0n) is 12.4. The molecule has 4 heteroatoms. The lowest BCUT2D eigenvalue weighted by molar-refractivity contribution is 0.0327. The van der Waals surface area contributed by atoms with Crippen LogP contribution in [0.4, 0.5) is 0 Å². The maximum Gasteiger partial charge on any atom is 0.119 e. The highest BCUT2D eigenvalue weighted by molar-refractivity contribution is 5.27. The van der Waals surface area contributed by atoms with E-state index in [1.807, 2.05) is 12.1 Å². The Hall–Kier alpha value is -1.10. The lowest BCUT2D eigenvalue weighted by Gasteiger charge is -2.27. The lowest BCUT2D eigenvalue weighted by atomic mass is 10.1. The lowest BCUT2D eigenvalue weighted by Crippen LogP contribution is -2.38. The normalized spacial score (nSPS) is 17.9. The van der Waals surface area contributed by atoms with Crippen LogP contribution in [0.2, 0.25) is 0 Å². The van der Waals surface area contributed by atoms with E-state index in [0.29, 0.717) is 6.54 Å². The van der Waals surface area contributed by atoms with Crippen molar-refractivity contribution in [2.75, 3.05) is 39.4 Å². The molecule has 4 nitrogen and oxygen atoms in total. The highest BCUT2D eigenvalue weighted by Gasteiger charge is 2.12. The van der Waals surface area contributed by atoms with E-state index in [-0.39, 0.29) is 6.10 Å². The molecule has 1 atom stereocenters. The standard InChI is InChI=1S/C16H26N2O2/c1-14(7-9-18-10-12-19-13-11-18)20-16-4-2-15(3-5-16)6-8-17/h2-5,14H,6-13,17H2,1H3. The molecule has 1 heterocycles. The zero-order chi connectivity index (χ0) is 14.2. The molecule has 0 radical (unpaired) electrons. The molecular weight excluding hydrogens is 252 g/mol. The first-order valence-electron chi connectivity index (χ1n) is 7.53. The van der Waals surface area contributed by atoms with Gasteiger partial charge in [0.25, 0.3) is 0 Å². The Bertz CT molecular complexity index is 375. The van der Waals surface area contributed by atoms with Crippen molar-refractivity contribution in [1.82, 2.24) is 4.90 Å². The van der Waals surface area contributed by atoms with Crippen LogP contribution >= 0.6 is 0 Å². The van der Waals surface area contributed by atoms with Gasteiger partial charge in [-0.3, -0.25) is 4.90 Å². The predicted molar refractivity (Wildman–Crippen MR) is 81.2 cm³/mol. The van der Waals surface area contributed by atoms with Crippen molar-refractivity contribution in [3.8, 4) is 5.75 Å². The third-order valence-electron chi connectivity index (χ3n) is 3.65. The van der Waals surface area contributed by atoms with E-state index >= 15 is 0 Å². The molecule has 1 aromatic carbocycles. The van der Waals surface area contributed by atoms with Gasteiger partial charge in [-0.25, -0.2) is 0 Å². The van der Waals surface area contributed by atoms with Crippen LogP contribution in [0.15, 0.2) is 24.3 Å². The van der Waals surface area contributed by atoms with Crippen molar-refractivity contribution in [2.24, 2.45) is 5.73 Å². The monoisotopic (exact) mass is 278 g/mol. The summed E-state index contributed by atoms with van der Waals surface area (Å²) in [4.78, 5) is 2.44. The van der Waals surface area contributed by atoms with Gasteiger partial charge in [0.15, 0.2) is 0 Å². The summed E-state index contributed by atoms with van der Waals surface area (Å²) in [6.45, 7) is 7.71. The van der Waals surface area contributed by atoms with Crippen molar-refractivity contribution in [3.63, 3.8) is 0 Å². The van der Waals surface area contributed by atoms with Gasteiger partial charge < -0.3 is 15.2 Å². The van der Waals surface area contributed by atoms with Crippen molar-refractivity contribution < 1.29 is 9.47 Å². The molecule has 1 aliphatic rings. The van der Waals surface area contributed by atoms with Crippen molar-refractivity contribution in [1.29, 1.82) is 0 Å². The molecule has 0 spiro atoms. The molecule has 112 valence electrons. The quantitative estimate of drug-likeness (QED) is 0.824. The summed E-state index contributed by atoms with van der Waals surface area (Å²) in [5.41, 5.74) is 6.81. The van der Waals surface area contributed by atoms with Crippen molar-refractivity contribution >= 4 is 0 Å². The second kappa shape index (κ2) is 8.25. The molecule has 0 saturated carbocycles. The fraction of sp³-hybridized carbons (Fsp3) is 0.625. The van der Waals surface area contributed by atoms with Gasteiger partial charge in [-0.1, -0.05) is 12.1 Å². The van der Waals surface area contributed by atoms with Gasteiger partial charge in [-0.15, -0.1) is 0 Å². The Balaban J connectivity index is 1.71. The minimum atomic E-state index is 0.234. The molecule has 20 heavy (non-hydrogen) atoms. The molecule has 1 fully saturated rings. The predicted octanol–water partition coefficient (Wildman–Crippen LogP) is 1.68. The topological polar surface area (TPSA) is 47.7 Å². The molecule has 1 unspecified atom stereocenters. The van der Waals surface area contributed by atoms with E-state index in [9.17, 15) is 0 Å². The van der Waals surface area contributed by atoms with E-state index in [0.717, 1.165) is 51.4 Å². The number of ether oxygens (including phenoxy) is 2. The van der Waals surface area contributed by atoms with Gasteiger partial charge in [-0.05, 0) is 44.0 Å². The van der Waals surface area contributed by atoms with Crippen LogP contribution in [0.25, 0.3) is 0 Å². The highest BCUT2D eigenvalue weighted by Crippen LogP contribution is 2.15. The van der Waals surface area contributed by atoms with Gasteiger partial charge in [0.2, 0.25) is 0 Å². The molecule has 0 bridgehead atoms. The molecule has 1 saturated heterocycles. The average Bonchev–Trinajstić information content (AvgIpc) is 2.49. The largest absolute Gasteiger partial charge is 0.491 e. The summed E-state index contributed by atoms with van der Waals surface area (Å²) in [5.74, 6) is 0.945. The Morgan fingerprint density at radius 3 is 2.60 bits per heavy atom. The van der Waals surface area contributed by atoms with Crippen LogP contribution in [0.5, 0.6) is 5.75 Å². The second-order valence-corrected chi connectivity index (χ2v) is 5.35. The molecule has 2 rings (SSSR count). The molecule has 0 aromatic heterocycles. The SMILES string of the molecule is CC(CCN1CCOCC1)Oc1ccc(CCN)cc1. The Kier molecular flexibility index (Phi) is 6.30. The van der Waals surface area contributed by atoms with Crippen LogP contribution in [0, 0.1) is 0 Å². The third-order valence-corrected chi connectivity index (χ3v) is 3.65. The Labute approximate surface area is 121 Å². The Morgan fingerprint density at radius 2 is 1.95 bits per heavy atom. The first-order chi connectivity index (χ1) is 9.78.